The summed E-state index contributed by atoms with van der Waals surface area (Å²) in [6, 6.07) is 8.20. The summed E-state index contributed by atoms with van der Waals surface area (Å²) in [5.74, 6) is -2.14. The van der Waals surface area contributed by atoms with Crippen LogP contribution in [0.5, 0.6) is 5.75 Å². The predicted molar refractivity (Wildman–Crippen MR) is 135 cm³/mol. The van der Waals surface area contributed by atoms with Gasteiger partial charge in [0.25, 0.3) is 0 Å². The largest absolute Gasteiger partial charge is 0.491 e. The number of aliphatic hydroxyl groups excluding tert-OH is 1. The fourth-order valence-corrected chi connectivity index (χ4v) is 3.17. The van der Waals surface area contributed by atoms with E-state index in [4.69, 9.17) is 4.74 Å². The third kappa shape index (κ3) is 8.98. The molecule has 0 aliphatic rings. The number of aldehydes is 1. The maximum Gasteiger partial charge on any atom is 0.246 e. The minimum absolute atomic E-state index is 0.140. The molecule has 0 bridgehead atoms. The number of halogens is 1. The Kier molecular flexibility index (Phi) is 10.3. The van der Waals surface area contributed by atoms with Gasteiger partial charge in [0.1, 0.15) is 36.5 Å². The first-order valence-electron chi connectivity index (χ1n) is 11.8. The number of ether oxygens (including phenoxy) is 1. The molecule has 0 fully saturated rings. The van der Waals surface area contributed by atoms with Crippen molar-refractivity contribution in [3.05, 3.63) is 65.0 Å². The Bertz CT molecular complexity index is 1130. The number of amides is 3. The lowest BCUT2D eigenvalue weighted by Crippen LogP contribution is -2.59. The molecule has 3 unspecified atom stereocenters. The molecular weight excluding hydrogens is 481 g/mol. The van der Waals surface area contributed by atoms with Crippen molar-refractivity contribution in [1.29, 1.82) is 0 Å². The molecule has 0 aromatic heterocycles. The van der Waals surface area contributed by atoms with Crippen molar-refractivity contribution in [2.45, 2.75) is 59.4 Å². The zero-order valence-corrected chi connectivity index (χ0v) is 21.6. The van der Waals surface area contributed by atoms with Crippen LogP contribution in [-0.2, 0) is 20.9 Å². The van der Waals surface area contributed by atoms with Crippen molar-refractivity contribution in [3.63, 3.8) is 0 Å². The summed E-state index contributed by atoms with van der Waals surface area (Å²) in [5, 5.41) is 17.7. The number of hydrogen-bond acceptors (Lipinski definition) is 6. The van der Waals surface area contributed by atoms with E-state index in [0.717, 1.165) is 5.56 Å². The Hall–Kier alpha value is -3.79. The van der Waals surface area contributed by atoms with Crippen molar-refractivity contribution < 1.29 is 33.4 Å². The van der Waals surface area contributed by atoms with Crippen LogP contribution in [0.2, 0.25) is 0 Å². The highest BCUT2D eigenvalue weighted by atomic mass is 19.1. The third-order valence-corrected chi connectivity index (χ3v) is 5.44. The van der Waals surface area contributed by atoms with Crippen molar-refractivity contribution in [1.82, 2.24) is 16.0 Å². The third-order valence-electron chi connectivity index (χ3n) is 5.44. The first-order valence-corrected chi connectivity index (χ1v) is 11.8. The summed E-state index contributed by atoms with van der Waals surface area (Å²) < 4.78 is 19.9. The minimum atomic E-state index is -1.34. The van der Waals surface area contributed by atoms with Crippen LogP contribution in [0.3, 0.4) is 0 Å². The lowest BCUT2D eigenvalue weighted by atomic mass is 9.94. The molecule has 0 heterocycles. The summed E-state index contributed by atoms with van der Waals surface area (Å²) in [7, 11) is 0. The van der Waals surface area contributed by atoms with Gasteiger partial charge >= 0.3 is 0 Å². The Morgan fingerprint density at radius 2 is 1.78 bits per heavy atom. The van der Waals surface area contributed by atoms with Gasteiger partial charge in [-0.1, -0.05) is 45.0 Å². The maximum atomic E-state index is 14.2. The highest BCUT2D eigenvalue weighted by Gasteiger charge is 2.33. The van der Waals surface area contributed by atoms with Gasteiger partial charge in [0.15, 0.2) is 0 Å². The van der Waals surface area contributed by atoms with Crippen LogP contribution in [-0.4, -0.2) is 53.9 Å². The summed E-state index contributed by atoms with van der Waals surface area (Å²) >= 11 is 0. The normalized spacial score (nSPS) is 13.6. The molecule has 2 rings (SSSR count). The number of aliphatic hydroxyl groups is 1. The topological polar surface area (TPSA) is 134 Å². The lowest BCUT2D eigenvalue weighted by molar-refractivity contribution is -0.137. The molecule has 10 heteroatoms. The molecule has 0 aliphatic heterocycles. The monoisotopic (exact) mass is 515 g/mol. The van der Waals surface area contributed by atoms with E-state index < -0.39 is 47.1 Å². The second kappa shape index (κ2) is 13.0. The van der Waals surface area contributed by atoms with Crippen LogP contribution in [0.4, 0.5) is 4.39 Å². The number of nitrogens with one attached hydrogen (secondary N) is 3. The van der Waals surface area contributed by atoms with Crippen LogP contribution >= 0.6 is 0 Å². The van der Waals surface area contributed by atoms with Gasteiger partial charge in [-0.05, 0) is 37.6 Å². The van der Waals surface area contributed by atoms with E-state index in [2.05, 4.69) is 16.0 Å². The molecule has 0 saturated heterocycles. The average Bonchev–Trinajstić information content (AvgIpc) is 2.83. The van der Waals surface area contributed by atoms with E-state index in [1.807, 2.05) is 0 Å². The smallest absolute Gasteiger partial charge is 0.246 e. The molecule has 2 aromatic carbocycles. The van der Waals surface area contributed by atoms with E-state index in [0.29, 0.717) is 11.8 Å². The zero-order chi connectivity index (χ0) is 27.8. The standard InChI is InChI=1S/C27H34FN3O6/c1-16-9-10-19(21(28)11-16)13-29-24(34)22(15-37-20-8-6-7-18(12-20)14-32)30-25(35)23(17(2)33)31-26(36)27(3,4)5/h6-12,14,17,22-23,33H,13,15H2,1-5H3,(H,29,34)(H,30,35)(H,31,36). The number of carbonyl (C=O) groups excluding carboxylic acids is 4. The maximum absolute atomic E-state index is 14.2. The van der Waals surface area contributed by atoms with Gasteiger partial charge in [0, 0.05) is 23.1 Å². The molecule has 0 aliphatic carbocycles. The van der Waals surface area contributed by atoms with E-state index in [1.165, 1.54) is 19.1 Å². The number of carbonyl (C=O) groups is 4. The van der Waals surface area contributed by atoms with Crippen molar-refractivity contribution in [3.8, 4) is 5.75 Å². The highest BCUT2D eigenvalue weighted by molar-refractivity contribution is 5.93. The minimum Gasteiger partial charge on any atom is -0.491 e. The molecule has 3 atom stereocenters. The molecule has 37 heavy (non-hydrogen) atoms. The Morgan fingerprint density at radius 3 is 2.38 bits per heavy atom. The molecular formula is C27H34FN3O6. The van der Waals surface area contributed by atoms with E-state index in [9.17, 15) is 28.7 Å². The highest BCUT2D eigenvalue weighted by Crippen LogP contribution is 2.15. The van der Waals surface area contributed by atoms with Gasteiger partial charge in [-0.25, -0.2) is 4.39 Å². The molecule has 4 N–H and O–H groups in total. The molecule has 200 valence electrons. The molecule has 0 spiro atoms. The average molecular weight is 516 g/mol. The second-order valence-electron chi connectivity index (χ2n) is 9.82. The zero-order valence-electron chi connectivity index (χ0n) is 21.6. The van der Waals surface area contributed by atoms with Crippen LogP contribution in [0.1, 0.15) is 49.2 Å². The summed E-state index contributed by atoms with van der Waals surface area (Å²) in [4.78, 5) is 49.5. The van der Waals surface area contributed by atoms with Gasteiger partial charge in [-0.2, -0.15) is 0 Å². The summed E-state index contributed by atoms with van der Waals surface area (Å²) in [6.07, 6.45) is -0.623. The van der Waals surface area contributed by atoms with Gasteiger partial charge in [-0.15, -0.1) is 0 Å². The van der Waals surface area contributed by atoms with E-state index in [-0.39, 0.29) is 24.5 Å². The molecule has 0 radical (unpaired) electrons. The van der Waals surface area contributed by atoms with E-state index in [1.54, 1.807) is 58.0 Å². The fraction of sp³-hybridized carbons (Fsp3) is 0.407. The van der Waals surface area contributed by atoms with Crippen molar-refractivity contribution >= 4 is 24.0 Å². The van der Waals surface area contributed by atoms with Gasteiger partial charge < -0.3 is 25.8 Å². The number of aryl methyl sites for hydroxylation is 1. The van der Waals surface area contributed by atoms with Crippen LogP contribution < -0.4 is 20.7 Å². The van der Waals surface area contributed by atoms with Crippen LogP contribution in [0.15, 0.2) is 42.5 Å². The van der Waals surface area contributed by atoms with Crippen molar-refractivity contribution in [2.24, 2.45) is 5.41 Å². The molecule has 3 amide bonds. The predicted octanol–water partition coefficient (Wildman–Crippen LogP) is 2.04. The van der Waals surface area contributed by atoms with Gasteiger partial charge in [0.2, 0.25) is 17.7 Å². The molecule has 0 saturated carbocycles. The lowest BCUT2D eigenvalue weighted by Gasteiger charge is -2.27. The van der Waals surface area contributed by atoms with Crippen LogP contribution in [0.25, 0.3) is 0 Å². The van der Waals surface area contributed by atoms with Crippen molar-refractivity contribution in [2.75, 3.05) is 6.61 Å². The summed E-state index contributed by atoms with van der Waals surface area (Å²) in [6.45, 7) is 7.56. The number of hydrogen-bond donors (Lipinski definition) is 4. The first kappa shape index (κ1) is 29.4. The number of benzene rings is 2. The fourth-order valence-electron chi connectivity index (χ4n) is 3.17. The number of rotatable bonds is 11. The Balaban J connectivity index is 2.20. The quantitative estimate of drug-likeness (QED) is 0.339. The second-order valence-corrected chi connectivity index (χ2v) is 9.82. The molecule has 2 aromatic rings. The first-order chi connectivity index (χ1) is 17.3. The summed E-state index contributed by atoms with van der Waals surface area (Å²) in [5.41, 5.74) is 0.513. The Morgan fingerprint density at radius 1 is 1.08 bits per heavy atom. The van der Waals surface area contributed by atoms with Gasteiger partial charge in [-0.3, -0.25) is 19.2 Å². The Labute approximate surface area is 215 Å². The molecule has 9 nitrogen and oxygen atoms in total. The van der Waals surface area contributed by atoms with Crippen LogP contribution in [0, 0.1) is 18.2 Å². The van der Waals surface area contributed by atoms with E-state index >= 15 is 0 Å². The van der Waals surface area contributed by atoms with Gasteiger partial charge in [0.05, 0.1) is 6.10 Å². The SMILES string of the molecule is Cc1ccc(CNC(=O)C(COc2cccc(C=O)c2)NC(=O)C(NC(=O)C(C)(C)C)C(C)O)c(F)c1.